The number of anilines is 3. The van der Waals surface area contributed by atoms with Crippen molar-refractivity contribution in [2.24, 2.45) is 10.1 Å². The molecular weight excluding hydrogens is 433 g/mol. The Bertz CT molecular complexity index is 1350. The molecule has 1 aliphatic carbocycles. The standard InChI is InChI=1S/C21H18FN7O2S/c22-18-11-26-21(28-15-3-1-2-13(8-15)12-32(24,30)31)29-20(18)27-16-4-5-19-17(9-16)14(6-7-23)10-25-19/h1,3-6,9,11-12,25H,2,8,10H2,(H2,24,30,31)(H,26,27,29). The largest absolute Gasteiger partial charge is 0.380 e. The molecule has 2 heterocycles. The normalized spacial score (nSPS) is 19.1. The molecule has 0 saturated heterocycles. The summed E-state index contributed by atoms with van der Waals surface area (Å²) in [5.74, 6) is -0.691. The van der Waals surface area contributed by atoms with Gasteiger partial charge >= 0.3 is 0 Å². The van der Waals surface area contributed by atoms with Crippen LogP contribution in [0.25, 0.3) is 5.57 Å². The van der Waals surface area contributed by atoms with Gasteiger partial charge in [-0.05, 0) is 41.8 Å². The Balaban J connectivity index is 1.59. The molecule has 0 saturated carbocycles. The SMILES string of the molecule is N#CC=C1CNc2ccc(Nc3nc(N=C4C=CCC(=CS(N)(=O)=O)C4)ncc3F)cc21. The molecule has 32 heavy (non-hydrogen) atoms. The summed E-state index contributed by atoms with van der Waals surface area (Å²) in [5.41, 5.74) is 4.28. The number of halogens is 1. The second-order valence-corrected chi connectivity index (χ2v) is 8.57. The lowest BCUT2D eigenvalue weighted by Gasteiger charge is -2.11. The van der Waals surface area contributed by atoms with Gasteiger partial charge < -0.3 is 10.6 Å². The molecular formula is C21H18FN7O2S. The molecule has 1 aliphatic heterocycles. The van der Waals surface area contributed by atoms with Crippen LogP contribution >= 0.6 is 0 Å². The molecule has 4 rings (SSSR count). The van der Waals surface area contributed by atoms with E-state index in [-0.39, 0.29) is 18.2 Å². The highest BCUT2D eigenvalue weighted by Gasteiger charge is 2.17. The average molecular weight is 451 g/mol. The summed E-state index contributed by atoms with van der Waals surface area (Å²) in [4.78, 5) is 12.4. The Labute approximate surface area is 184 Å². The number of benzene rings is 1. The van der Waals surface area contributed by atoms with Crippen molar-refractivity contribution in [2.45, 2.75) is 12.8 Å². The first-order valence-corrected chi connectivity index (χ1v) is 11.1. The Morgan fingerprint density at radius 3 is 3.00 bits per heavy atom. The number of fused-ring (bicyclic) bond motifs is 1. The molecule has 2 aromatic rings. The summed E-state index contributed by atoms with van der Waals surface area (Å²) in [5, 5.41) is 21.1. The molecule has 0 unspecified atom stereocenters. The molecule has 0 radical (unpaired) electrons. The average Bonchev–Trinajstić information content (AvgIpc) is 3.12. The van der Waals surface area contributed by atoms with Gasteiger partial charge in [-0.25, -0.2) is 27.9 Å². The molecule has 0 bridgehead atoms. The van der Waals surface area contributed by atoms with Gasteiger partial charge in [-0.3, -0.25) is 0 Å². The van der Waals surface area contributed by atoms with Gasteiger partial charge in [0.25, 0.3) is 5.95 Å². The van der Waals surface area contributed by atoms with Crippen LogP contribution in [0.5, 0.6) is 0 Å². The van der Waals surface area contributed by atoms with Crippen molar-refractivity contribution in [3.8, 4) is 6.07 Å². The number of primary sulfonamides is 1. The maximum atomic E-state index is 14.3. The minimum atomic E-state index is -3.75. The summed E-state index contributed by atoms with van der Waals surface area (Å²) >= 11 is 0. The van der Waals surface area contributed by atoms with E-state index in [9.17, 15) is 12.8 Å². The Morgan fingerprint density at radius 2 is 2.22 bits per heavy atom. The van der Waals surface area contributed by atoms with E-state index in [1.54, 1.807) is 24.3 Å². The molecule has 11 heteroatoms. The van der Waals surface area contributed by atoms with Gasteiger partial charge in [0, 0.05) is 47.1 Å². The van der Waals surface area contributed by atoms with Crippen LogP contribution in [0.15, 0.2) is 58.6 Å². The number of nitrogens with two attached hydrogens (primary N) is 1. The highest BCUT2D eigenvalue weighted by atomic mass is 32.2. The lowest BCUT2D eigenvalue weighted by Crippen LogP contribution is -2.11. The molecule has 4 N–H and O–H groups in total. The minimum absolute atomic E-state index is 0.0262. The van der Waals surface area contributed by atoms with E-state index in [1.807, 2.05) is 12.1 Å². The Hall–Kier alpha value is -3.88. The number of nitrogens with one attached hydrogen (secondary N) is 2. The zero-order chi connectivity index (χ0) is 22.7. The number of hydrogen-bond acceptors (Lipinski definition) is 8. The maximum absolute atomic E-state index is 14.3. The summed E-state index contributed by atoms with van der Waals surface area (Å²) in [6.07, 6.45) is 6.69. The number of rotatable bonds is 4. The third kappa shape index (κ3) is 5.05. The van der Waals surface area contributed by atoms with Gasteiger partial charge in [0.1, 0.15) is 0 Å². The molecule has 162 valence electrons. The number of allylic oxidation sites excluding steroid dienone is 4. The van der Waals surface area contributed by atoms with Crippen LogP contribution in [-0.2, 0) is 10.0 Å². The zero-order valence-electron chi connectivity index (χ0n) is 16.7. The first-order chi connectivity index (χ1) is 15.3. The van der Waals surface area contributed by atoms with Gasteiger partial charge in [0.15, 0.2) is 11.6 Å². The van der Waals surface area contributed by atoms with Crippen LogP contribution in [-0.4, -0.2) is 30.6 Å². The zero-order valence-corrected chi connectivity index (χ0v) is 17.5. The number of aliphatic imine (C=N–C) groups is 1. The first kappa shape index (κ1) is 21.4. The van der Waals surface area contributed by atoms with E-state index in [0.717, 1.165) is 28.4 Å². The molecule has 1 aromatic carbocycles. The predicted octanol–water partition coefficient (Wildman–Crippen LogP) is 3.29. The second-order valence-electron chi connectivity index (χ2n) is 7.16. The monoisotopic (exact) mass is 451 g/mol. The van der Waals surface area contributed by atoms with Gasteiger partial charge in [-0.15, -0.1) is 0 Å². The molecule has 0 spiro atoms. The van der Waals surface area contributed by atoms with E-state index < -0.39 is 15.8 Å². The quantitative estimate of drug-likeness (QED) is 0.605. The number of nitrogens with zero attached hydrogens (tertiary/aromatic N) is 4. The number of sulfonamides is 1. The fourth-order valence-corrected chi connectivity index (χ4v) is 4.05. The maximum Gasteiger partial charge on any atom is 0.251 e. The molecule has 2 aliphatic rings. The van der Waals surface area contributed by atoms with Gasteiger partial charge in [-0.1, -0.05) is 6.08 Å². The van der Waals surface area contributed by atoms with Gasteiger partial charge in [0.05, 0.1) is 12.3 Å². The molecule has 9 nitrogen and oxygen atoms in total. The minimum Gasteiger partial charge on any atom is -0.380 e. The van der Waals surface area contributed by atoms with Crippen LogP contribution < -0.4 is 15.8 Å². The molecule has 0 atom stereocenters. The van der Waals surface area contributed by atoms with E-state index in [2.05, 4.69) is 25.6 Å². The smallest absolute Gasteiger partial charge is 0.251 e. The molecule has 1 aromatic heterocycles. The Kier molecular flexibility index (Phi) is 5.81. The van der Waals surface area contributed by atoms with E-state index >= 15 is 0 Å². The van der Waals surface area contributed by atoms with Crippen molar-refractivity contribution in [2.75, 3.05) is 17.2 Å². The van der Waals surface area contributed by atoms with Crippen LogP contribution in [0.3, 0.4) is 0 Å². The van der Waals surface area contributed by atoms with Gasteiger partial charge in [0.2, 0.25) is 10.0 Å². The highest BCUT2D eigenvalue weighted by molar-refractivity contribution is 7.92. The van der Waals surface area contributed by atoms with Crippen molar-refractivity contribution in [1.29, 1.82) is 5.26 Å². The summed E-state index contributed by atoms with van der Waals surface area (Å²) in [6, 6.07) is 7.43. The third-order valence-electron chi connectivity index (χ3n) is 4.74. The fourth-order valence-electron chi connectivity index (χ4n) is 3.41. The highest BCUT2D eigenvalue weighted by Crippen LogP contribution is 2.33. The van der Waals surface area contributed by atoms with Crippen LogP contribution in [0.1, 0.15) is 18.4 Å². The van der Waals surface area contributed by atoms with Gasteiger partial charge in [-0.2, -0.15) is 10.2 Å². The fraction of sp³-hybridized carbons (Fsp3) is 0.143. The second kappa shape index (κ2) is 8.70. The number of nitriles is 1. The summed E-state index contributed by atoms with van der Waals surface area (Å²) < 4.78 is 36.9. The van der Waals surface area contributed by atoms with E-state index in [0.29, 0.717) is 29.9 Å². The predicted molar refractivity (Wildman–Crippen MR) is 120 cm³/mol. The third-order valence-corrected chi connectivity index (χ3v) is 5.40. The lowest BCUT2D eigenvalue weighted by molar-refractivity contribution is 0.606. The molecule has 0 amide bonds. The topological polar surface area (TPSA) is 146 Å². The summed E-state index contributed by atoms with van der Waals surface area (Å²) in [7, 11) is -3.75. The van der Waals surface area contributed by atoms with Crippen molar-refractivity contribution in [3.05, 3.63) is 65.0 Å². The van der Waals surface area contributed by atoms with Crippen molar-refractivity contribution >= 4 is 44.4 Å². The lowest BCUT2D eigenvalue weighted by atomic mass is 10.0. The number of aromatic nitrogens is 2. The first-order valence-electron chi connectivity index (χ1n) is 9.53. The Morgan fingerprint density at radius 1 is 1.38 bits per heavy atom. The summed E-state index contributed by atoms with van der Waals surface area (Å²) in [6.45, 7) is 0.547. The van der Waals surface area contributed by atoms with E-state index in [1.165, 1.54) is 6.08 Å². The van der Waals surface area contributed by atoms with Crippen molar-refractivity contribution in [3.63, 3.8) is 0 Å². The number of hydrogen-bond donors (Lipinski definition) is 3. The van der Waals surface area contributed by atoms with E-state index in [4.69, 9.17) is 10.4 Å². The molecule has 0 fully saturated rings. The van der Waals surface area contributed by atoms with Crippen molar-refractivity contribution < 1.29 is 12.8 Å². The van der Waals surface area contributed by atoms with Crippen LogP contribution in [0, 0.1) is 17.1 Å². The van der Waals surface area contributed by atoms with Crippen LogP contribution in [0.4, 0.5) is 27.5 Å². The van der Waals surface area contributed by atoms with Crippen molar-refractivity contribution in [1.82, 2.24) is 9.97 Å². The van der Waals surface area contributed by atoms with Crippen LogP contribution in [0.2, 0.25) is 0 Å².